The van der Waals surface area contributed by atoms with Gasteiger partial charge in [0.15, 0.2) is 0 Å². The third-order valence-corrected chi connectivity index (χ3v) is 3.16. The highest BCUT2D eigenvalue weighted by molar-refractivity contribution is 5.16. The molecule has 3 nitrogen and oxygen atoms in total. The summed E-state index contributed by atoms with van der Waals surface area (Å²) in [5, 5.41) is 3.56. The summed E-state index contributed by atoms with van der Waals surface area (Å²) in [7, 11) is 0. The van der Waals surface area contributed by atoms with E-state index in [9.17, 15) is 0 Å². The van der Waals surface area contributed by atoms with Gasteiger partial charge in [0.2, 0.25) is 0 Å². The van der Waals surface area contributed by atoms with Crippen molar-refractivity contribution in [3.05, 3.63) is 30.1 Å². The molecule has 0 aliphatic carbocycles. The van der Waals surface area contributed by atoms with Crippen LogP contribution in [0.25, 0.3) is 0 Å². The minimum Gasteiger partial charge on any atom is -0.381 e. The number of hydrogen-bond acceptors (Lipinski definition) is 3. The molecule has 0 bridgehead atoms. The van der Waals surface area contributed by atoms with Gasteiger partial charge in [-0.2, -0.15) is 0 Å². The number of pyridine rings is 1. The lowest BCUT2D eigenvalue weighted by atomic mass is 9.89. The SMILES string of the molecule is CCNC(c1ccncc1)C1CCCOC1. The van der Waals surface area contributed by atoms with Crippen molar-refractivity contribution in [1.29, 1.82) is 0 Å². The first kappa shape index (κ1) is 11.6. The molecule has 1 aromatic heterocycles. The summed E-state index contributed by atoms with van der Waals surface area (Å²) < 4.78 is 5.58. The van der Waals surface area contributed by atoms with E-state index in [1.165, 1.54) is 18.4 Å². The Kier molecular flexibility index (Phi) is 4.31. The second kappa shape index (κ2) is 5.97. The molecule has 3 heteroatoms. The van der Waals surface area contributed by atoms with E-state index < -0.39 is 0 Å². The van der Waals surface area contributed by atoms with Crippen LogP contribution in [-0.4, -0.2) is 24.7 Å². The number of nitrogens with zero attached hydrogens (tertiary/aromatic N) is 1. The van der Waals surface area contributed by atoms with Crippen LogP contribution in [-0.2, 0) is 4.74 Å². The Hall–Kier alpha value is -0.930. The average Bonchev–Trinajstić information content (AvgIpc) is 2.38. The van der Waals surface area contributed by atoms with Gasteiger partial charge in [-0.05, 0) is 37.1 Å². The Balaban J connectivity index is 2.09. The number of nitrogens with one attached hydrogen (secondary N) is 1. The van der Waals surface area contributed by atoms with Crippen molar-refractivity contribution < 1.29 is 4.74 Å². The lowest BCUT2D eigenvalue weighted by Gasteiger charge is -2.31. The summed E-state index contributed by atoms with van der Waals surface area (Å²) in [5.41, 5.74) is 1.33. The largest absolute Gasteiger partial charge is 0.381 e. The van der Waals surface area contributed by atoms with Gasteiger partial charge in [-0.3, -0.25) is 4.98 Å². The molecule has 1 saturated heterocycles. The van der Waals surface area contributed by atoms with Crippen molar-refractivity contribution in [3.63, 3.8) is 0 Å². The Morgan fingerprint density at radius 2 is 2.31 bits per heavy atom. The number of rotatable bonds is 4. The van der Waals surface area contributed by atoms with E-state index >= 15 is 0 Å². The maximum absolute atomic E-state index is 5.58. The zero-order valence-corrected chi connectivity index (χ0v) is 9.86. The highest BCUT2D eigenvalue weighted by Crippen LogP contribution is 2.28. The predicted molar refractivity (Wildman–Crippen MR) is 64.2 cm³/mol. The third-order valence-electron chi connectivity index (χ3n) is 3.16. The number of hydrogen-bond donors (Lipinski definition) is 1. The molecule has 1 aliphatic heterocycles. The molecule has 2 atom stereocenters. The van der Waals surface area contributed by atoms with Crippen LogP contribution < -0.4 is 5.32 Å². The van der Waals surface area contributed by atoms with Crippen molar-refractivity contribution in [2.24, 2.45) is 5.92 Å². The maximum atomic E-state index is 5.58. The highest BCUT2D eigenvalue weighted by Gasteiger charge is 2.24. The topological polar surface area (TPSA) is 34.2 Å². The lowest BCUT2D eigenvalue weighted by molar-refractivity contribution is 0.0392. The molecule has 88 valence electrons. The fourth-order valence-corrected chi connectivity index (χ4v) is 2.38. The van der Waals surface area contributed by atoms with E-state index in [0.29, 0.717) is 12.0 Å². The van der Waals surface area contributed by atoms with E-state index in [2.05, 4.69) is 29.4 Å². The zero-order valence-electron chi connectivity index (χ0n) is 9.86. The van der Waals surface area contributed by atoms with Crippen molar-refractivity contribution in [3.8, 4) is 0 Å². The molecule has 0 aromatic carbocycles. The van der Waals surface area contributed by atoms with Crippen LogP contribution in [0.5, 0.6) is 0 Å². The first-order valence-corrected chi connectivity index (χ1v) is 6.13. The fourth-order valence-electron chi connectivity index (χ4n) is 2.38. The third kappa shape index (κ3) is 2.80. The number of aromatic nitrogens is 1. The van der Waals surface area contributed by atoms with Crippen LogP contribution in [0.1, 0.15) is 31.4 Å². The lowest BCUT2D eigenvalue weighted by Crippen LogP contribution is -2.33. The molecule has 0 saturated carbocycles. The smallest absolute Gasteiger partial charge is 0.0512 e. The molecule has 1 fully saturated rings. The molecular formula is C13H20N2O. The minimum atomic E-state index is 0.410. The van der Waals surface area contributed by atoms with Crippen molar-refractivity contribution >= 4 is 0 Å². The standard InChI is InChI=1S/C13H20N2O/c1-2-15-13(11-5-7-14-8-6-11)12-4-3-9-16-10-12/h5-8,12-13,15H,2-4,9-10H2,1H3. The van der Waals surface area contributed by atoms with Crippen molar-refractivity contribution in [2.45, 2.75) is 25.8 Å². The second-order valence-electron chi connectivity index (χ2n) is 4.29. The summed E-state index contributed by atoms with van der Waals surface area (Å²) in [5.74, 6) is 0.594. The van der Waals surface area contributed by atoms with Crippen LogP contribution in [0, 0.1) is 5.92 Å². The predicted octanol–water partition coefficient (Wildman–Crippen LogP) is 2.16. The Morgan fingerprint density at radius 3 is 2.94 bits per heavy atom. The molecule has 0 spiro atoms. The quantitative estimate of drug-likeness (QED) is 0.844. The molecule has 2 heterocycles. The Bertz CT molecular complexity index is 296. The molecular weight excluding hydrogens is 200 g/mol. The normalized spacial score (nSPS) is 22.9. The molecule has 1 aromatic rings. The van der Waals surface area contributed by atoms with Crippen LogP contribution >= 0.6 is 0 Å². The maximum Gasteiger partial charge on any atom is 0.0512 e. The molecule has 1 N–H and O–H groups in total. The van der Waals surface area contributed by atoms with Gasteiger partial charge in [-0.1, -0.05) is 6.92 Å². The van der Waals surface area contributed by atoms with Crippen LogP contribution in [0.15, 0.2) is 24.5 Å². The van der Waals surface area contributed by atoms with E-state index in [0.717, 1.165) is 19.8 Å². The van der Waals surface area contributed by atoms with E-state index in [-0.39, 0.29) is 0 Å². The summed E-state index contributed by atoms with van der Waals surface area (Å²) in [6.07, 6.45) is 6.16. The molecule has 16 heavy (non-hydrogen) atoms. The highest BCUT2D eigenvalue weighted by atomic mass is 16.5. The van der Waals surface area contributed by atoms with E-state index in [1.807, 2.05) is 12.4 Å². The molecule has 2 rings (SSSR count). The minimum absolute atomic E-state index is 0.410. The first-order chi connectivity index (χ1) is 7.92. The Labute approximate surface area is 97.2 Å². The zero-order chi connectivity index (χ0) is 11.2. The fraction of sp³-hybridized carbons (Fsp3) is 0.615. The number of ether oxygens (including phenoxy) is 1. The van der Waals surface area contributed by atoms with Gasteiger partial charge in [0.25, 0.3) is 0 Å². The average molecular weight is 220 g/mol. The molecule has 0 radical (unpaired) electrons. The van der Waals surface area contributed by atoms with Crippen molar-refractivity contribution in [1.82, 2.24) is 10.3 Å². The second-order valence-corrected chi connectivity index (χ2v) is 4.29. The van der Waals surface area contributed by atoms with Gasteiger partial charge >= 0.3 is 0 Å². The van der Waals surface area contributed by atoms with Gasteiger partial charge in [0.05, 0.1) is 6.61 Å². The molecule has 0 amide bonds. The van der Waals surface area contributed by atoms with Gasteiger partial charge in [0, 0.05) is 31.0 Å². The molecule has 1 aliphatic rings. The van der Waals surface area contributed by atoms with Crippen LogP contribution in [0.3, 0.4) is 0 Å². The van der Waals surface area contributed by atoms with Gasteiger partial charge in [0.1, 0.15) is 0 Å². The van der Waals surface area contributed by atoms with Crippen LogP contribution in [0.2, 0.25) is 0 Å². The summed E-state index contributed by atoms with van der Waals surface area (Å²) in [6.45, 7) is 4.94. The Morgan fingerprint density at radius 1 is 1.50 bits per heavy atom. The summed E-state index contributed by atoms with van der Waals surface area (Å²) >= 11 is 0. The van der Waals surface area contributed by atoms with Crippen LogP contribution in [0.4, 0.5) is 0 Å². The van der Waals surface area contributed by atoms with E-state index in [1.54, 1.807) is 0 Å². The first-order valence-electron chi connectivity index (χ1n) is 6.13. The van der Waals surface area contributed by atoms with Crippen molar-refractivity contribution in [2.75, 3.05) is 19.8 Å². The van der Waals surface area contributed by atoms with E-state index in [4.69, 9.17) is 4.74 Å². The summed E-state index contributed by atoms with van der Waals surface area (Å²) in [4.78, 5) is 4.07. The monoisotopic (exact) mass is 220 g/mol. The van der Waals surface area contributed by atoms with Gasteiger partial charge in [-0.15, -0.1) is 0 Å². The molecule has 2 unspecified atom stereocenters. The summed E-state index contributed by atoms with van der Waals surface area (Å²) in [6, 6.07) is 4.61. The van der Waals surface area contributed by atoms with Gasteiger partial charge < -0.3 is 10.1 Å². The van der Waals surface area contributed by atoms with Gasteiger partial charge in [-0.25, -0.2) is 0 Å².